The van der Waals surface area contributed by atoms with Gasteiger partial charge in [-0.05, 0) is 50.1 Å². The van der Waals surface area contributed by atoms with E-state index in [2.05, 4.69) is 0 Å². The molecule has 2 aromatic carbocycles. The van der Waals surface area contributed by atoms with E-state index >= 15 is 0 Å². The number of ether oxygens (including phenoxy) is 1. The summed E-state index contributed by atoms with van der Waals surface area (Å²) in [6.07, 6.45) is 0.579. The summed E-state index contributed by atoms with van der Waals surface area (Å²) in [5.41, 5.74) is 1.61. The standard InChI is InChI=1S/C19H23NO4S/c1-15-6-4-7-18(14-15)24-13-5-12-20(3)25(22,23)19-10-8-17(9-11-19)16(2)21/h4,6-11,14H,5,12-13H2,1-3H3. The van der Waals surface area contributed by atoms with Crippen LogP contribution in [0.4, 0.5) is 0 Å². The molecule has 2 aromatic rings. The third-order valence-electron chi connectivity index (χ3n) is 3.84. The maximum Gasteiger partial charge on any atom is 0.242 e. The fourth-order valence-electron chi connectivity index (χ4n) is 2.34. The lowest BCUT2D eigenvalue weighted by Gasteiger charge is -2.17. The van der Waals surface area contributed by atoms with E-state index in [0.29, 0.717) is 25.1 Å². The van der Waals surface area contributed by atoms with Crippen molar-refractivity contribution < 1.29 is 17.9 Å². The third-order valence-corrected chi connectivity index (χ3v) is 5.72. The van der Waals surface area contributed by atoms with E-state index in [1.807, 2.05) is 31.2 Å². The number of rotatable bonds is 8. The van der Waals surface area contributed by atoms with Gasteiger partial charge in [0.25, 0.3) is 0 Å². The predicted octanol–water partition coefficient (Wildman–Crippen LogP) is 3.29. The van der Waals surface area contributed by atoms with Crippen molar-refractivity contribution in [2.45, 2.75) is 25.2 Å². The number of carbonyl (C=O) groups is 1. The normalized spacial score (nSPS) is 11.5. The smallest absolute Gasteiger partial charge is 0.242 e. The summed E-state index contributed by atoms with van der Waals surface area (Å²) in [6, 6.07) is 13.7. The van der Waals surface area contributed by atoms with Crippen molar-refractivity contribution in [2.24, 2.45) is 0 Å². The minimum atomic E-state index is -3.57. The molecule has 5 nitrogen and oxygen atoms in total. The first kappa shape index (κ1) is 19.1. The minimum Gasteiger partial charge on any atom is -0.494 e. The molecule has 0 heterocycles. The van der Waals surface area contributed by atoms with Crippen molar-refractivity contribution in [3.05, 3.63) is 59.7 Å². The number of hydrogen-bond donors (Lipinski definition) is 0. The van der Waals surface area contributed by atoms with Crippen LogP contribution in [0.25, 0.3) is 0 Å². The molecule has 0 unspecified atom stereocenters. The second kappa shape index (κ2) is 8.27. The Labute approximate surface area is 149 Å². The first-order chi connectivity index (χ1) is 11.8. The molecule has 0 N–H and O–H groups in total. The van der Waals surface area contributed by atoms with Gasteiger partial charge in [-0.25, -0.2) is 12.7 Å². The Hall–Kier alpha value is -2.18. The van der Waals surface area contributed by atoms with Gasteiger partial charge in [0.1, 0.15) is 5.75 Å². The van der Waals surface area contributed by atoms with Crippen LogP contribution in [-0.4, -0.2) is 38.7 Å². The molecule has 0 aromatic heterocycles. The molecule has 0 aliphatic heterocycles. The van der Waals surface area contributed by atoms with Gasteiger partial charge in [-0.15, -0.1) is 0 Å². The molecule has 0 fully saturated rings. The molecule has 0 aliphatic carbocycles. The summed E-state index contributed by atoms with van der Waals surface area (Å²) >= 11 is 0. The lowest BCUT2D eigenvalue weighted by Crippen LogP contribution is -2.28. The Morgan fingerprint density at radius 2 is 1.80 bits per heavy atom. The van der Waals surface area contributed by atoms with Crippen LogP contribution in [0.3, 0.4) is 0 Å². The molecular formula is C19H23NO4S. The van der Waals surface area contributed by atoms with Crippen LogP contribution in [0.15, 0.2) is 53.4 Å². The van der Waals surface area contributed by atoms with Crippen LogP contribution in [0.5, 0.6) is 5.75 Å². The molecule has 134 valence electrons. The topological polar surface area (TPSA) is 63.7 Å². The minimum absolute atomic E-state index is 0.0920. The molecule has 0 atom stereocenters. The quantitative estimate of drug-likeness (QED) is 0.535. The zero-order valence-electron chi connectivity index (χ0n) is 14.7. The monoisotopic (exact) mass is 361 g/mol. The highest BCUT2D eigenvalue weighted by atomic mass is 32.2. The highest BCUT2D eigenvalue weighted by Crippen LogP contribution is 2.16. The SMILES string of the molecule is CC(=O)c1ccc(S(=O)(=O)N(C)CCCOc2cccc(C)c2)cc1. The molecule has 0 radical (unpaired) electrons. The number of ketones is 1. The number of Topliss-reactive ketones (excluding diaryl/α,β-unsaturated/α-hetero) is 1. The second-order valence-corrected chi connectivity index (χ2v) is 7.97. The van der Waals surface area contributed by atoms with Gasteiger partial charge < -0.3 is 4.74 Å². The number of sulfonamides is 1. The van der Waals surface area contributed by atoms with Crippen molar-refractivity contribution in [1.82, 2.24) is 4.31 Å². The Morgan fingerprint density at radius 3 is 2.40 bits per heavy atom. The Bertz CT molecular complexity index is 829. The summed E-state index contributed by atoms with van der Waals surface area (Å²) in [4.78, 5) is 11.5. The van der Waals surface area contributed by atoms with Crippen LogP contribution in [0.2, 0.25) is 0 Å². The highest BCUT2D eigenvalue weighted by molar-refractivity contribution is 7.89. The zero-order chi connectivity index (χ0) is 18.4. The van der Waals surface area contributed by atoms with E-state index in [1.54, 1.807) is 7.05 Å². The van der Waals surface area contributed by atoms with Gasteiger partial charge in [-0.3, -0.25) is 4.79 Å². The van der Waals surface area contributed by atoms with E-state index in [9.17, 15) is 13.2 Å². The molecule has 2 rings (SSSR count). The van der Waals surface area contributed by atoms with Crippen molar-refractivity contribution in [1.29, 1.82) is 0 Å². The summed E-state index contributed by atoms with van der Waals surface area (Å²) in [5, 5.41) is 0. The van der Waals surface area contributed by atoms with Gasteiger partial charge in [0.15, 0.2) is 5.78 Å². The third kappa shape index (κ3) is 5.14. The predicted molar refractivity (Wildman–Crippen MR) is 97.6 cm³/mol. The Balaban J connectivity index is 1.90. The number of hydrogen-bond acceptors (Lipinski definition) is 4. The summed E-state index contributed by atoms with van der Waals surface area (Å²) in [6.45, 7) is 4.23. The van der Waals surface area contributed by atoms with Crippen molar-refractivity contribution in [2.75, 3.05) is 20.2 Å². The van der Waals surface area contributed by atoms with Gasteiger partial charge >= 0.3 is 0 Å². The molecule has 6 heteroatoms. The molecular weight excluding hydrogens is 338 g/mol. The lowest BCUT2D eigenvalue weighted by molar-refractivity contribution is 0.101. The second-order valence-electron chi connectivity index (χ2n) is 5.93. The maximum absolute atomic E-state index is 12.5. The number of aryl methyl sites for hydroxylation is 1. The van der Waals surface area contributed by atoms with Crippen molar-refractivity contribution >= 4 is 15.8 Å². The summed E-state index contributed by atoms with van der Waals surface area (Å²) in [7, 11) is -2.02. The van der Waals surface area contributed by atoms with Crippen LogP contribution < -0.4 is 4.74 Å². The van der Waals surface area contributed by atoms with E-state index in [0.717, 1.165) is 11.3 Å². The van der Waals surface area contributed by atoms with E-state index in [1.165, 1.54) is 35.5 Å². The van der Waals surface area contributed by atoms with E-state index in [4.69, 9.17) is 4.74 Å². The molecule has 0 spiro atoms. The molecule has 25 heavy (non-hydrogen) atoms. The van der Waals surface area contributed by atoms with Crippen LogP contribution in [0.1, 0.15) is 29.3 Å². The van der Waals surface area contributed by atoms with Gasteiger partial charge in [-0.2, -0.15) is 0 Å². The molecule has 0 amide bonds. The van der Waals surface area contributed by atoms with Gasteiger partial charge in [-0.1, -0.05) is 24.3 Å². The summed E-state index contributed by atoms with van der Waals surface area (Å²) in [5.74, 6) is 0.691. The summed E-state index contributed by atoms with van der Waals surface area (Å²) < 4.78 is 32.0. The first-order valence-electron chi connectivity index (χ1n) is 8.07. The van der Waals surface area contributed by atoms with Gasteiger partial charge in [0, 0.05) is 19.2 Å². The maximum atomic E-state index is 12.5. The lowest BCUT2D eigenvalue weighted by atomic mass is 10.2. The first-order valence-corrected chi connectivity index (χ1v) is 9.51. The van der Waals surface area contributed by atoms with Crippen LogP contribution >= 0.6 is 0 Å². The number of carbonyl (C=O) groups excluding carboxylic acids is 1. The van der Waals surface area contributed by atoms with Crippen LogP contribution in [0, 0.1) is 6.92 Å². The zero-order valence-corrected chi connectivity index (χ0v) is 15.5. The molecule has 0 aliphatic rings. The molecule has 0 bridgehead atoms. The number of nitrogens with zero attached hydrogens (tertiary/aromatic N) is 1. The van der Waals surface area contributed by atoms with Crippen LogP contribution in [-0.2, 0) is 10.0 Å². The fraction of sp³-hybridized carbons (Fsp3) is 0.316. The average molecular weight is 361 g/mol. The average Bonchev–Trinajstić information content (AvgIpc) is 2.58. The molecule has 0 saturated carbocycles. The van der Waals surface area contributed by atoms with E-state index < -0.39 is 10.0 Å². The molecule has 0 saturated heterocycles. The van der Waals surface area contributed by atoms with Gasteiger partial charge in [0.2, 0.25) is 10.0 Å². The van der Waals surface area contributed by atoms with Gasteiger partial charge in [0.05, 0.1) is 11.5 Å². The number of benzene rings is 2. The largest absolute Gasteiger partial charge is 0.494 e. The van der Waals surface area contributed by atoms with Crippen molar-refractivity contribution in [3.8, 4) is 5.75 Å². The van der Waals surface area contributed by atoms with E-state index in [-0.39, 0.29) is 10.7 Å². The van der Waals surface area contributed by atoms with Crippen molar-refractivity contribution in [3.63, 3.8) is 0 Å². The fourth-order valence-corrected chi connectivity index (χ4v) is 3.55. The Kier molecular flexibility index (Phi) is 6.33. The highest BCUT2D eigenvalue weighted by Gasteiger charge is 2.20. The Morgan fingerprint density at radius 1 is 1.12 bits per heavy atom.